The summed E-state index contributed by atoms with van der Waals surface area (Å²) in [5, 5.41) is 8.59. The van der Waals surface area contributed by atoms with Crippen LogP contribution < -0.4 is 5.73 Å². The molecular formula is C12H20N4O. The van der Waals surface area contributed by atoms with E-state index in [1.54, 1.807) is 0 Å². The minimum absolute atomic E-state index is 0.0683. The van der Waals surface area contributed by atoms with Crippen molar-refractivity contribution >= 4 is 0 Å². The SMILES string of the molecule is Cc1nnc(C2COCC2N)n1C1CCCC1. The molecule has 5 nitrogen and oxygen atoms in total. The second kappa shape index (κ2) is 4.38. The van der Waals surface area contributed by atoms with Crippen LogP contribution in [0, 0.1) is 6.92 Å². The summed E-state index contributed by atoms with van der Waals surface area (Å²) < 4.78 is 7.76. The Labute approximate surface area is 101 Å². The largest absolute Gasteiger partial charge is 0.379 e. The zero-order valence-corrected chi connectivity index (χ0v) is 10.3. The lowest BCUT2D eigenvalue weighted by Crippen LogP contribution is -2.29. The molecule has 2 unspecified atom stereocenters. The summed E-state index contributed by atoms with van der Waals surface area (Å²) >= 11 is 0. The highest BCUT2D eigenvalue weighted by molar-refractivity contribution is 5.09. The van der Waals surface area contributed by atoms with E-state index in [-0.39, 0.29) is 12.0 Å². The van der Waals surface area contributed by atoms with Crippen LogP contribution in [0.4, 0.5) is 0 Å². The van der Waals surface area contributed by atoms with Gasteiger partial charge in [0.2, 0.25) is 0 Å². The van der Waals surface area contributed by atoms with E-state index in [1.165, 1.54) is 25.7 Å². The summed E-state index contributed by atoms with van der Waals surface area (Å²) in [5.41, 5.74) is 6.08. The average Bonchev–Trinajstić information content (AvgIpc) is 2.98. The summed E-state index contributed by atoms with van der Waals surface area (Å²) in [4.78, 5) is 0. The molecule has 2 N–H and O–H groups in total. The van der Waals surface area contributed by atoms with Crippen molar-refractivity contribution in [1.29, 1.82) is 0 Å². The smallest absolute Gasteiger partial charge is 0.140 e. The van der Waals surface area contributed by atoms with Crippen LogP contribution in [-0.2, 0) is 4.74 Å². The van der Waals surface area contributed by atoms with Crippen LogP contribution in [0.5, 0.6) is 0 Å². The molecule has 0 spiro atoms. The Morgan fingerprint density at radius 1 is 1.24 bits per heavy atom. The molecule has 2 heterocycles. The predicted octanol–water partition coefficient (Wildman–Crippen LogP) is 1.14. The van der Waals surface area contributed by atoms with Crippen molar-refractivity contribution in [2.75, 3.05) is 13.2 Å². The molecule has 0 bridgehead atoms. The molecule has 1 aromatic rings. The number of hydrogen-bond acceptors (Lipinski definition) is 4. The van der Waals surface area contributed by atoms with Gasteiger partial charge < -0.3 is 15.0 Å². The number of ether oxygens (including phenoxy) is 1. The maximum absolute atomic E-state index is 6.08. The topological polar surface area (TPSA) is 66.0 Å². The van der Waals surface area contributed by atoms with Gasteiger partial charge in [0.1, 0.15) is 11.6 Å². The van der Waals surface area contributed by atoms with Gasteiger partial charge in [0.15, 0.2) is 0 Å². The van der Waals surface area contributed by atoms with Gasteiger partial charge >= 0.3 is 0 Å². The molecule has 2 atom stereocenters. The quantitative estimate of drug-likeness (QED) is 0.836. The molecule has 0 amide bonds. The van der Waals surface area contributed by atoms with Crippen LogP contribution >= 0.6 is 0 Å². The molecule has 5 heteroatoms. The number of hydrogen-bond donors (Lipinski definition) is 1. The molecular weight excluding hydrogens is 216 g/mol. The maximum atomic E-state index is 6.08. The van der Waals surface area contributed by atoms with E-state index in [9.17, 15) is 0 Å². The van der Waals surface area contributed by atoms with E-state index in [0.29, 0.717) is 19.3 Å². The second-order valence-corrected chi connectivity index (χ2v) is 5.22. The van der Waals surface area contributed by atoms with E-state index in [4.69, 9.17) is 10.5 Å². The van der Waals surface area contributed by atoms with Crippen LogP contribution in [0.15, 0.2) is 0 Å². The monoisotopic (exact) mass is 236 g/mol. The second-order valence-electron chi connectivity index (χ2n) is 5.22. The highest BCUT2D eigenvalue weighted by Crippen LogP contribution is 2.34. The molecule has 94 valence electrons. The van der Waals surface area contributed by atoms with Gasteiger partial charge in [0.05, 0.1) is 19.1 Å². The first kappa shape index (κ1) is 11.2. The van der Waals surface area contributed by atoms with Gasteiger partial charge in [0, 0.05) is 12.1 Å². The zero-order chi connectivity index (χ0) is 11.8. The average molecular weight is 236 g/mol. The fourth-order valence-electron chi connectivity index (χ4n) is 3.09. The van der Waals surface area contributed by atoms with Gasteiger partial charge in [-0.3, -0.25) is 0 Å². The molecule has 3 rings (SSSR count). The molecule has 0 radical (unpaired) electrons. The van der Waals surface area contributed by atoms with Gasteiger partial charge in [-0.1, -0.05) is 12.8 Å². The van der Waals surface area contributed by atoms with Crippen molar-refractivity contribution in [1.82, 2.24) is 14.8 Å². The van der Waals surface area contributed by atoms with Crippen molar-refractivity contribution in [3.05, 3.63) is 11.6 Å². The van der Waals surface area contributed by atoms with E-state index in [0.717, 1.165) is 11.6 Å². The number of rotatable bonds is 2. The van der Waals surface area contributed by atoms with Crippen molar-refractivity contribution in [3.63, 3.8) is 0 Å². The van der Waals surface area contributed by atoms with Gasteiger partial charge in [0.25, 0.3) is 0 Å². The molecule has 1 saturated carbocycles. The molecule has 17 heavy (non-hydrogen) atoms. The number of nitrogens with two attached hydrogens (primary N) is 1. The lowest BCUT2D eigenvalue weighted by molar-refractivity contribution is 0.189. The number of aryl methyl sites for hydroxylation is 1. The predicted molar refractivity (Wildman–Crippen MR) is 63.8 cm³/mol. The molecule has 1 aliphatic carbocycles. The van der Waals surface area contributed by atoms with Crippen molar-refractivity contribution < 1.29 is 4.74 Å². The Morgan fingerprint density at radius 2 is 2.00 bits per heavy atom. The summed E-state index contributed by atoms with van der Waals surface area (Å²) in [5.74, 6) is 2.28. The van der Waals surface area contributed by atoms with Gasteiger partial charge in [-0.05, 0) is 19.8 Å². The van der Waals surface area contributed by atoms with Crippen LogP contribution in [0.2, 0.25) is 0 Å². The molecule has 1 aliphatic heterocycles. The van der Waals surface area contributed by atoms with E-state index in [1.807, 2.05) is 6.92 Å². The Balaban J connectivity index is 1.93. The van der Waals surface area contributed by atoms with Crippen molar-refractivity contribution in [2.45, 2.75) is 50.6 Å². The lowest BCUT2D eigenvalue weighted by Gasteiger charge is -2.20. The highest BCUT2D eigenvalue weighted by atomic mass is 16.5. The van der Waals surface area contributed by atoms with Crippen molar-refractivity contribution in [2.24, 2.45) is 5.73 Å². The van der Waals surface area contributed by atoms with Gasteiger partial charge in [-0.15, -0.1) is 10.2 Å². The molecule has 1 aromatic heterocycles. The Kier molecular flexibility index (Phi) is 2.88. The minimum atomic E-state index is 0.0683. The van der Waals surface area contributed by atoms with Crippen molar-refractivity contribution in [3.8, 4) is 0 Å². The third-order valence-corrected chi connectivity index (χ3v) is 4.04. The summed E-state index contributed by atoms with van der Waals surface area (Å²) in [6.07, 6.45) is 5.12. The summed E-state index contributed by atoms with van der Waals surface area (Å²) in [7, 11) is 0. The minimum Gasteiger partial charge on any atom is -0.379 e. The third kappa shape index (κ3) is 1.87. The Bertz CT molecular complexity index is 397. The van der Waals surface area contributed by atoms with Gasteiger partial charge in [-0.2, -0.15) is 0 Å². The molecule has 0 aromatic carbocycles. The summed E-state index contributed by atoms with van der Waals surface area (Å²) in [6.45, 7) is 3.36. The first-order valence-electron chi connectivity index (χ1n) is 6.52. The number of aromatic nitrogens is 3. The summed E-state index contributed by atoms with van der Waals surface area (Å²) in [6, 6.07) is 0.645. The Morgan fingerprint density at radius 3 is 2.65 bits per heavy atom. The standard InChI is InChI=1S/C12H20N4O/c1-8-14-15-12(10-6-17-7-11(10)13)16(8)9-4-2-3-5-9/h9-11H,2-7,13H2,1H3. The third-order valence-electron chi connectivity index (χ3n) is 4.04. The zero-order valence-electron chi connectivity index (χ0n) is 10.3. The highest BCUT2D eigenvalue weighted by Gasteiger charge is 2.33. The normalized spacial score (nSPS) is 30.2. The Hall–Kier alpha value is -0.940. The van der Waals surface area contributed by atoms with Crippen LogP contribution in [0.1, 0.15) is 49.3 Å². The molecule has 2 aliphatic rings. The van der Waals surface area contributed by atoms with E-state index in [2.05, 4.69) is 14.8 Å². The molecule has 2 fully saturated rings. The number of nitrogens with zero attached hydrogens (tertiary/aromatic N) is 3. The fourth-order valence-corrected chi connectivity index (χ4v) is 3.09. The lowest BCUT2D eigenvalue weighted by atomic mass is 10.0. The molecule has 1 saturated heterocycles. The van der Waals surface area contributed by atoms with E-state index >= 15 is 0 Å². The van der Waals surface area contributed by atoms with Gasteiger partial charge in [-0.25, -0.2) is 0 Å². The first-order chi connectivity index (χ1) is 8.27. The first-order valence-corrected chi connectivity index (χ1v) is 6.52. The van der Waals surface area contributed by atoms with Crippen LogP contribution in [-0.4, -0.2) is 34.0 Å². The van der Waals surface area contributed by atoms with E-state index < -0.39 is 0 Å². The van der Waals surface area contributed by atoms with Crippen LogP contribution in [0.3, 0.4) is 0 Å². The maximum Gasteiger partial charge on any atom is 0.140 e. The van der Waals surface area contributed by atoms with Crippen LogP contribution in [0.25, 0.3) is 0 Å². The fraction of sp³-hybridized carbons (Fsp3) is 0.833.